The van der Waals surface area contributed by atoms with Crippen LogP contribution in [0.4, 0.5) is 4.79 Å². The Labute approximate surface area is 88.2 Å². The predicted molar refractivity (Wildman–Crippen MR) is 56.2 cm³/mol. The highest BCUT2D eigenvalue weighted by molar-refractivity contribution is 8.14. The quantitative estimate of drug-likeness (QED) is 0.628. The number of thioether (sulfide) groups is 1. The van der Waals surface area contributed by atoms with Gasteiger partial charge in [0, 0.05) is 6.04 Å². The highest BCUT2D eigenvalue weighted by Crippen LogP contribution is 2.28. The summed E-state index contributed by atoms with van der Waals surface area (Å²) in [6.07, 6.45) is 6.84. The largest absolute Gasteiger partial charge is 0.289 e. The van der Waals surface area contributed by atoms with Crippen LogP contribution in [0.15, 0.2) is 0 Å². The minimum absolute atomic E-state index is 0.0203. The average Bonchev–Trinajstić information content (AvgIpc) is 2.45. The third-order valence-corrected chi connectivity index (χ3v) is 3.81. The molecule has 0 atom stereocenters. The van der Waals surface area contributed by atoms with Crippen LogP contribution in [0.25, 0.3) is 0 Å². The van der Waals surface area contributed by atoms with E-state index in [0.717, 1.165) is 37.4 Å². The van der Waals surface area contributed by atoms with Crippen molar-refractivity contribution in [3.05, 3.63) is 0 Å². The molecule has 3 nitrogen and oxygen atoms in total. The van der Waals surface area contributed by atoms with Gasteiger partial charge in [0.1, 0.15) is 0 Å². The number of hydrogen-bond donors (Lipinski definition) is 0. The van der Waals surface area contributed by atoms with E-state index in [4.69, 9.17) is 0 Å². The van der Waals surface area contributed by atoms with Crippen molar-refractivity contribution in [3.63, 3.8) is 0 Å². The van der Waals surface area contributed by atoms with Gasteiger partial charge in [0.2, 0.25) is 5.91 Å². The second-order valence-electron chi connectivity index (χ2n) is 3.96. The van der Waals surface area contributed by atoms with Crippen LogP contribution in [0.2, 0.25) is 0 Å². The normalized spacial score (nSPS) is 25.6. The zero-order valence-electron chi connectivity index (χ0n) is 8.20. The Balaban J connectivity index is 2.04. The van der Waals surface area contributed by atoms with Gasteiger partial charge in [0.15, 0.2) is 0 Å². The molecule has 14 heavy (non-hydrogen) atoms. The van der Waals surface area contributed by atoms with Gasteiger partial charge in [-0.2, -0.15) is 0 Å². The van der Waals surface area contributed by atoms with E-state index in [9.17, 15) is 9.59 Å². The molecule has 2 aliphatic rings. The number of rotatable bonds is 1. The second kappa shape index (κ2) is 4.34. The fraction of sp³-hybridized carbons (Fsp3) is 0.800. The second-order valence-corrected chi connectivity index (χ2v) is 4.89. The van der Waals surface area contributed by atoms with Crippen LogP contribution in [0.5, 0.6) is 0 Å². The van der Waals surface area contributed by atoms with E-state index < -0.39 is 0 Å². The van der Waals surface area contributed by atoms with Gasteiger partial charge in [-0.25, -0.2) is 0 Å². The molecule has 0 unspecified atom stereocenters. The molecule has 0 bridgehead atoms. The number of imide groups is 1. The zero-order valence-corrected chi connectivity index (χ0v) is 9.02. The molecule has 1 saturated carbocycles. The lowest BCUT2D eigenvalue weighted by molar-refractivity contribution is -0.126. The molecule has 0 spiro atoms. The fourth-order valence-electron chi connectivity index (χ4n) is 2.23. The first kappa shape index (κ1) is 10.0. The molecule has 1 saturated heterocycles. The first-order valence-electron chi connectivity index (χ1n) is 5.28. The highest BCUT2D eigenvalue weighted by Gasteiger charge is 2.35. The number of carbonyl (C=O) groups excluding carboxylic acids is 2. The first-order valence-corrected chi connectivity index (χ1v) is 6.26. The van der Waals surface area contributed by atoms with Gasteiger partial charge in [0.25, 0.3) is 5.24 Å². The van der Waals surface area contributed by atoms with Crippen LogP contribution in [-0.4, -0.2) is 27.8 Å². The van der Waals surface area contributed by atoms with Crippen molar-refractivity contribution in [2.45, 2.75) is 44.6 Å². The van der Waals surface area contributed by atoms with Gasteiger partial charge in [-0.15, -0.1) is 0 Å². The third-order valence-electron chi connectivity index (χ3n) is 2.97. The lowest BCUT2D eigenvalue weighted by Crippen LogP contribution is -2.38. The zero-order chi connectivity index (χ0) is 9.97. The summed E-state index contributed by atoms with van der Waals surface area (Å²) in [6, 6.07) is 0.201. The topological polar surface area (TPSA) is 37.4 Å². The van der Waals surface area contributed by atoms with Gasteiger partial charge in [-0.3, -0.25) is 14.5 Å². The molecular weight excluding hydrogens is 198 g/mol. The number of carbonyl (C=O) groups is 2. The molecular formula is C10H15NO2S. The van der Waals surface area contributed by atoms with E-state index in [1.807, 2.05) is 0 Å². The standard InChI is InChI=1S/C10H15NO2S/c12-9-7-14-10(13)11(9)8-5-3-1-2-4-6-8/h8H,1-7H2. The lowest BCUT2D eigenvalue weighted by atomic mass is 10.1. The van der Waals surface area contributed by atoms with Crippen molar-refractivity contribution in [3.8, 4) is 0 Å². The molecule has 0 aromatic rings. The number of nitrogens with zero attached hydrogens (tertiary/aromatic N) is 1. The summed E-state index contributed by atoms with van der Waals surface area (Å²) < 4.78 is 0. The molecule has 1 aliphatic carbocycles. The minimum atomic E-state index is -0.0260. The van der Waals surface area contributed by atoms with Crippen molar-refractivity contribution in [1.29, 1.82) is 0 Å². The summed E-state index contributed by atoms with van der Waals surface area (Å²) in [4.78, 5) is 24.5. The SMILES string of the molecule is O=C1CSC(=O)N1C1CCCCCC1. The van der Waals surface area contributed by atoms with E-state index in [0.29, 0.717) is 5.75 Å². The Morgan fingerprint density at radius 3 is 2.21 bits per heavy atom. The smallest absolute Gasteiger partial charge is 0.273 e. The van der Waals surface area contributed by atoms with Crippen LogP contribution in [0, 0.1) is 0 Å². The van der Waals surface area contributed by atoms with Crippen molar-refractivity contribution in [2.24, 2.45) is 0 Å². The molecule has 0 radical (unpaired) electrons. The molecule has 78 valence electrons. The monoisotopic (exact) mass is 213 g/mol. The number of amides is 2. The van der Waals surface area contributed by atoms with Crippen LogP contribution < -0.4 is 0 Å². The maximum Gasteiger partial charge on any atom is 0.289 e. The maximum atomic E-state index is 11.5. The Kier molecular flexibility index (Phi) is 3.11. The molecule has 1 aliphatic heterocycles. The van der Waals surface area contributed by atoms with Crippen LogP contribution in [0.1, 0.15) is 38.5 Å². The van der Waals surface area contributed by atoms with Gasteiger partial charge in [0.05, 0.1) is 5.75 Å². The molecule has 0 N–H and O–H groups in total. The molecule has 0 aromatic heterocycles. The summed E-state index contributed by atoms with van der Waals surface area (Å²) in [7, 11) is 0. The molecule has 2 fully saturated rings. The Bertz CT molecular complexity index is 231. The molecule has 0 aromatic carbocycles. The highest BCUT2D eigenvalue weighted by atomic mass is 32.2. The van der Waals surface area contributed by atoms with E-state index in [-0.39, 0.29) is 17.2 Å². The summed E-state index contributed by atoms with van der Waals surface area (Å²) in [6.45, 7) is 0. The van der Waals surface area contributed by atoms with Crippen molar-refractivity contribution in [2.75, 3.05) is 5.75 Å². The minimum Gasteiger partial charge on any atom is -0.273 e. The van der Waals surface area contributed by atoms with Crippen LogP contribution in [0.3, 0.4) is 0 Å². The molecule has 2 rings (SSSR count). The van der Waals surface area contributed by atoms with Gasteiger partial charge in [-0.05, 0) is 12.8 Å². The van der Waals surface area contributed by atoms with Gasteiger partial charge in [-0.1, -0.05) is 37.4 Å². The van der Waals surface area contributed by atoms with Crippen LogP contribution >= 0.6 is 11.8 Å². The Morgan fingerprint density at radius 1 is 1.07 bits per heavy atom. The summed E-state index contributed by atoms with van der Waals surface area (Å²) in [5.41, 5.74) is 0. The molecule has 4 heteroatoms. The fourth-order valence-corrected chi connectivity index (χ4v) is 3.01. The Hall–Kier alpha value is -0.510. The van der Waals surface area contributed by atoms with E-state index in [1.165, 1.54) is 17.7 Å². The number of hydrogen-bond acceptors (Lipinski definition) is 3. The maximum absolute atomic E-state index is 11.5. The molecule has 1 heterocycles. The summed E-state index contributed by atoms with van der Waals surface area (Å²) >= 11 is 1.15. The van der Waals surface area contributed by atoms with E-state index >= 15 is 0 Å². The van der Waals surface area contributed by atoms with Crippen molar-refractivity contribution in [1.82, 2.24) is 4.90 Å². The van der Waals surface area contributed by atoms with Crippen molar-refractivity contribution >= 4 is 22.9 Å². The third kappa shape index (κ3) is 1.95. The van der Waals surface area contributed by atoms with Crippen LogP contribution in [-0.2, 0) is 4.79 Å². The van der Waals surface area contributed by atoms with Gasteiger partial charge < -0.3 is 0 Å². The first-order chi connectivity index (χ1) is 6.79. The van der Waals surface area contributed by atoms with Crippen molar-refractivity contribution < 1.29 is 9.59 Å². The van der Waals surface area contributed by atoms with Gasteiger partial charge >= 0.3 is 0 Å². The lowest BCUT2D eigenvalue weighted by Gasteiger charge is -2.23. The summed E-state index contributed by atoms with van der Waals surface area (Å²) in [5.74, 6) is 0.377. The van der Waals surface area contributed by atoms with E-state index in [1.54, 1.807) is 0 Å². The average molecular weight is 213 g/mol. The summed E-state index contributed by atoms with van der Waals surface area (Å²) in [5, 5.41) is -0.0260. The predicted octanol–water partition coefficient (Wildman–Crippen LogP) is 2.40. The Morgan fingerprint density at radius 2 is 1.71 bits per heavy atom. The van der Waals surface area contributed by atoms with E-state index in [2.05, 4.69) is 0 Å². The molecule has 2 amide bonds.